The third-order valence-corrected chi connectivity index (χ3v) is 6.36. The van der Waals surface area contributed by atoms with Crippen LogP contribution in [0.15, 0.2) is 33.5 Å². The Bertz CT molecular complexity index is 1180. The number of rotatable bonds is 5. The predicted octanol–water partition coefficient (Wildman–Crippen LogP) is 2.70. The fourth-order valence-electron chi connectivity index (χ4n) is 2.57. The number of imidazole rings is 1. The van der Waals surface area contributed by atoms with E-state index >= 15 is 0 Å². The van der Waals surface area contributed by atoms with Crippen molar-refractivity contribution in [3.05, 3.63) is 46.1 Å². The van der Waals surface area contributed by atoms with Crippen molar-refractivity contribution >= 4 is 43.6 Å². The number of thiazole rings is 1. The predicted molar refractivity (Wildman–Crippen MR) is 96.2 cm³/mol. The van der Waals surface area contributed by atoms with E-state index < -0.39 is 10.0 Å². The topological polar surface area (TPSA) is 107 Å². The summed E-state index contributed by atoms with van der Waals surface area (Å²) in [5.41, 5.74) is 1.99. The Morgan fingerprint density at radius 3 is 2.92 bits per heavy atom. The molecule has 0 aromatic carbocycles. The van der Waals surface area contributed by atoms with E-state index in [1.54, 1.807) is 22.5 Å². The van der Waals surface area contributed by atoms with Crippen molar-refractivity contribution in [2.45, 2.75) is 25.4 Å². The average Bonchev–Trinajstić information content (AvgIpc) is 3.29. The number of halogens is 1. The lowest BCUT2D eigenvalue weighted by molar-refractivity contribution is 0.391. The summed E-state index contributed by atoms with van der Waals surface area (Å²) >= 11 is 7.31. The van der Waals surface area contributed by atoms with E-state index in [9.17, 15) is 8.42 Å². The molecule has 0 aliphatic carbocycles. The molecule has 4 aromatic rings. The van der Waals surface area contributed by atoms with Gasteiger partial charge in [0.2, 0.25) is 0 Å². The molecule has 0 saturated carbocycles. The number of nitrogens with zero attached hydrogens (tertiary/aromatic N) is 5. The van der Waals surface area contributed by atoms with Gasteiger partial charge in [-0.3, -0.25) is 13.8 Å². The zero-order valence-electron chi connectivity index (χ0n) is 13.7. The maximum Gasteiger partial charge on any atom is 0.281 e. The normalized spacial score (nSPS) is 12.1. The molecule has 9 nitrogen and oxygen atoms in total. The SMILES string of the molecule is Cc1noc(C)c1Cn1cc(NS(=O)(=O)c2c(Cl)nc3sccn23)cn1. The van der Waals surface area contributed by atoms with Crippen molar-refractivity contribution in [1.29, 1.82) is 0 Å². The summed E-state index contributed by atoms with van der Waals surface area (Å²) in [6.45, 7) is 4.08. The first-order valence-corrected chi connectivity index (χ1v) is 10.2. The van der Waals surface area contributed by atoms with Gasteiger partial charge in [0, 0.05) is 23.3 Å². The monoisotopic (exact) mass is 412 g/mol. The Balaban J connectivity index is 1.61. The molecule has 4 rings (SSSR count). The van der Waals surface area contributed by atoms with E-state index in [4.69, 9.17) is 16.1 Å². The summed E-state index contributed by atoms with van der Waals surface area (Å²) in [4.78, 5) is 4.55. The summed E-state index contributed by atoms with van der Waals surface area (Å²) in [6, 6.07) is 0. The van der Waals surface area contributed by atoms with Gasteiger partial charge in [-0.1, -0.05) is 16.8 Å². The van der Waals surface area contributed by atoms with Gasteiger partial charge in [-0.15, -0.1) is 11.3 Å². The number of sulfonamides is 1. The molecule has 0 atom stereocenters. The van der Waals surface area contributed by atoms with E-state index in [2.05, 4.69) is 20.0 Å². The Morgan fingerprint density at radius 2 is 2.19 bits per heavy atom. The molecule has 0 unspecified atom stereocenters. The molecule has 0 saturated heterocycles. The van der Waals surface area contributed by atoms with Crippen molar-refractivity contribution in [3.63, 3.8) is 0 Å². The van der Waals surface area contributed by atoms with Crippen LogP contribution in [0.5, 0.6) is 0 Å². The molecule has 0 aliphatic heterocycles. The van der Waals surface area contributed by atoms with Crippen molar-refractivity contribution in [1.82, 2.24) is 24.3 Å². The maximum absolute atomic E-state index is 12.7. The number of hydrogen-bond donors (Lipinski definition) is 1. The van der Waals surface area contributed by atoms with Gasteiger partial charge in [0.1, 0.15) is 5.76 Å². The molecule has 0 fully saturated rings. The number of aromatic nitrogens is 5. The summed E-state index contributed by atoms with van der Waals surface area (Å²) in [5.74, 6) is 0.700. The molecular weight excluding hydrogens is 400 g/mol. The fourth-order valence-corrected chi connectivity index (χ4v) is 5.06. The molecule has 0 aliphatic rings. The van der Waals surface area contributed by atoms with Gasteiger partial charge in [-0.2, -0.15) is 13.5 Å². The zero-order chi connectivity index (χ0) is 18.5. The van der Waals surface area contributed by atoms with Gasteiger partial charge >= 0.3 is 0 Å². The second-order valence-electron chi connectivity index (χ2n) is 5.60. The minimum absolute atomic E-state index is 0.0764. The van der Waals surface area contributed by atoms with Crippen LogP contribution >= 0.6 is 22.9 Å². The van der Waals surface area contributed by atoms with Crippen molar-refractivity contribution in [2.24, 2.45) is 0 Å². The molecule has 4 aromatic heterocycles. The van der Waals surface area contributed by atoms with Crippen molar-refractivity contribution in [3.8, 4) is 0 Å². The van der Waals surface area contributed by atoms with Gasteiger partial charge in [0.05, 0.1) is 24.1 Å². The Morgan fingerprint density at radius 1 is 1.38 bits per heavy atom. The van der Waals surface area contributed by atoms with E-state index in [1.807, 2.05) is 13.8 Å². The van der Waals surface area contributed by atoms with Crippen LogP contribution in [0.2, 0.25) is 5.15 Å². The van der Waals surface area contributed by atoms with Gasteiger partial charge in [-0.05, 0) is 13.8 Å². The zero-order valence-corrected chi connectivity index (χ0v) is 16.1. The second-order valence-corrected chi connectivity index (χ2v) is 8.43. The Hall–Kier alpha value is -2.37. The molecule has 1 N–H and O–H groups in total. The number of nitrogens with one attached hydrogen (secondary N) is 1. The lowest BCUT2D eigenvalue weighted by atomic mass is 10.2. The fraction of sp³-hybridized carbons (Fsp3) is 0.214. The van der Waals surface area contributed by atoms with Crippen LogP contribution in [0.3, 0.4) is 0 Å². The van der Waals surface area contributed by atoms with Crippen LogP contribution < -0.4 is 4.72 Å². The first-order valence-electron chi connectivity index (χ1n) is 7.43. The summed E-state index contributed by atoms with van der Waals surface area (Å²) in [5, 5.41) is 9.63. The highest BCUT2D eigenvalue weighted by Crippen LogP contribution is 2.27. The lowest BCUT2D eigenvalue weighted by Gasteiger charge is -2.05. The quantitative estimate of drug-likeness (QED) is 0.540. The van der Waals surface area contributed by atoms with Crippen LogP contribution in [0, 0.1) is 13.8 Å². The third kappa shape index (κ3) is 2.87. The molecule has 0 radical (unpaired) electrons. The molecule has 0 spiro atoms. The number of aryl methyl sites for hydroxylation is 2. The Labute approximate surface area is 157 Å². The summed E-state index contributed by atoms with van der Waals surface area (Å²) in [6.07, 6.45) is 4.62. The third-order valence-electron chi connectivity index (χ3n) is 3.82. The van der Waals surface area contributed by atoms with Gasteiger partial charge < -0.3 is 4.52 Å². The second kappa shape index (κ2) is 6.11. The molecular formula is C14H13ClN6O3S2. The lowest BCUT2D eigenvalue weighted by Crippen LogP contribution is -2.15. The van der Waals surface area contributed by atoms with E-state index in [1.165, 1.54) is 21.9 Å². The van der Waals surface area contributed by atoms with Gasteiger partial charge in [-0.25, -0.2) is 4.98 Å². The minimum Gasteiger partial charge on any atom is -0.361 e. The molecule has 0 amide bonds. The minimum atomic E-state index is -3.92. The number of fused-ring (bicyclic) bond motifs is 1. The molecule has 26 heavy (non-hydrogen) atoms. The highest BCUT2D eigenvalue weighted by atomic mass is 35.5. The van der Waals surface area contributed by atoms with Gasteiger partial charge in [0.15, 0.2) is 15.1 Å². The van der Waals surface area contributed by atoms with E-state index in [0.717, 1.165) is 11.3 Å². The largest absolute Gasteiger partial charge is 0.361 e. The standard InChI is InChI=1S/C14H13ClN6O3S2/c1-8-11(9(2)24-18-8)7-20-6-10(5-16-20)19-26(22,23)13-12(15)17-14-21(13)3-4-25-14/h3-6,19H,7H2,1-2H3. The first-order chi connectivity index (χ1) is 12.3. The van der Waals surface area contributed by atoms with Crippen molar-refractivity contribution in [2.75, 3.05) is 4.72 Å². The molecule has 12 heteroatoms. The van der Waals surface area contributed by atoms with Crippen LogP contribution in [0.4, 0.5) is 5.69 Å². The average molecular weight is 413 g/mol. The smallest absolute Gasteiger partial charge is 0.281 e. The van der Waals surface area contributed by atoms with Crippen LogP contribution in [-0.4, -0.2) is 32.7 Å². The van der Waals surface area contributed by atoms with E-state index in [-0.39, 0.29) is 10.2 Å². The highest BCUT2D eigenvalue weighted by molar-refractivity contribution is 7.92. The van der Waals surface area contributed by atoms with Gasteiger partial charge in [0.25, 0.3) is 10.0 Å². The first kappa shape index (κ1) is 17.1. The summed E-state index contributed by atoms with van der Waals surface area (Å²) < 4.78 is 36.1. The van der Waals surface area contributed by atoms with Crippen LogP contribution in [0.1, 0.15) is 17.0 Å². The molecule has 136 valence electrons. The molecule has 4 heterocycles. The number of anilines is 1. The van der Waals surface area contributed by atoms with Crippen LogP contribution in [-0.2, 0) is 16.6 Å². The van der Waals surface area contributed by atoms with E-state index in [0.29, 0.717) is 23.0 Å². The maximum atomic E-state index is 12.7. The number of hydrogen-bond acceptors (Lipinski definition) is 7. The summed E-state index contributed by atoms with van der Waals surface area (Å²) in [7, 11) is -3.92. The highest BCUT2D eigenvalue weighted by Gasteiger charge is 2.25. The van der Waals surface area contributed by atoms with Crippen LogP contribution in [0.25, 0.3) is 4.96 Å². The Kier molecular flexibility index (Phi) is 4.01. The molecule has 0 bridgehead atoms. The van der Waals surface area contributed by atoms with Crippen molar-refractivity contribution < 1.29 is 12.9 Å².